The van der Waals surface area contributed by atoms with Crippen LogP contribution >= 0.6 is 12.6 Å². The maximum atomic E-state index is 4.34. The van der Waals surface area contributed by atoms with Gasteiger partial charge in [-0.3, -0.25) is 0 Å². The lowest BCUT2D eigenvalue weighted by atomic mass is 10.1. The predicted octanol–water partition coefficient (Wildman–Crippen LogP) is 1.58. The van der Waals surface area contributed by atoms with Crippen LogP contribution in [0.25, 0.3) is 0 Å². The van der Waals surface area contributed by atoms with Crippen molar-refractivity contribution in [3.63, 3.8) is 0 Å². The minimum Gasteiger partial charge on any atom is -0.301 e. The average molecular weight is 216 g/mol. The van der Waals surface area contributed by atoms with Gasteiger partial charge in [-0.15, -0.1) is 0 Å². The van der Waals surface area contributed by atoms with Crippen molar-refractivity contribution in [3.05, 3.63) is 0 Å². The van der Waals surface area contributed by atoms with Gasteiger partial charge < -0.3 is 9.80 Å². The minimum absolute atomic E-state index is 0.722. The molecule has 0 aromatic heterocycles. The topological polar surface area (TPSA) is 6.48 Å². The Morgan fingerprint density at radius 2 is 2.14 bits per heavy atom. The first kappa shape index (κ1) is 12.3. The monoisotopic (exact) mass is 216 g/mol. The number of hydrogen-bond acceptors (Lipinski definition) is 3. The van der Waals surface area contributed by atoms with Crippen LogP contribution in [0.3, 0.4) is 0 Å². The summed E-state index contributed by atoms with van der Waals surface area (Å²) in [4.78, 5) is 5.08. The summed E-state index contributed by atoms with van der Waals surface area (Å²) < 4.78 is 0. The quantitative estimate of drug-likeness (QED) is 0.713. The van der Waals surface area contributed by atoms with E-state index in [2.05, 4.69) is 43.3 Å². The van der Waals surface area contributed by atoms with Crippen LogP contribution in [0.2, 0.25) is 0 Å². The van der Waals surface area contributed by atoms with E-state index in [-0.39, 0.29) is 0 Å². The molecule has 2 atom stereocenters. The maximum Gasteiger partial charge on any atom is 0.0218 e. The van der Waals surface area contributed by atoms with Crippen molar-refractivity contribution < 1.29 is 0 Å². The molecule has 1 rings (SSSR count). The van der Waals surface area contributed by atoms with Gasteiger partial charge in [-0.05, 0) is 25.1 Å². The van der Waals surface area contributed by atoms with E-state index in [1.54, 1.807) is 0 Å². The summed E-state index contributed by atoms with van der Waals surface area (Å²) in [6.45, 7) is 9.47. The third-order valence-corrected chi connectivity index (χ3v) is 3.84. The highest BCUT2D eigenvalue weighted by Crippen LogP contribution is 2.12. The number of rotatable bonds is 4. The van der Waals surface area contributed by atoms with Crippen LogP contribution in [0.4, 0.5) is 0 Å². The molecule has 0 aromatic carbocycles. The second-order valence-corrected chi connectivity index (χ2v) is 4.96. The first-order valence-electron chi connectivity index (χ1n) is 5.70. The van der Waals surface area contributed by atoms with Crippen LogP contribution in [-0.2, 0) is 0 Å². The van der Waals surface area contributed by atoms with Gasteiger partial charge in [-0.2, -0.15) is 12.6 Å². The molecule has 0 aliphatic carbocycles. The molecule has 1 aliphatic heterocycles. The lowest BCUT2D eigenvalue weighted by Crippen LogP contribution is -2.52. The number of thiol groups is 1. The van der Waals surface area contributed by atoms with Crippen molar-refractivity contribution in [1.29, 1.82) is 0 Å². The molecule has 1 aliphatic rings. The third-order valence-electron chi connectivity index (χ3n) is 3.21. The van der Waals surface area contributed by atoms with E-state index in [1.165, 1.54) is 32.6 Å². The molecule has 0 amide bonds. The van der Waals surface area contributed by atoms with Gasteiger partial charge in [-0.1, -0.05) is 13.8 Å². The normalized spacial score (nSPS) is 27.9. The first-order valence-corrected chi connectivity index (χ1v) is 6.34. The number of hydrogen-bond donors (Lipinski definition) is 1. The largest absolute Gasteiger partial charge is 0.301 e. The molecule has 0 bridgehead atoms. The predicted molar refractivity (Wildman–Crippen MR) is 66.2 cm³/mol. The summed E-state index contributed by atoms with van der Waals surface area (Å²) in [7, 11) is 2.24. The zero-order chi connectivity index (χ0) is 10.6. The molecule has 0 spiro atoms. The fourth-order valence-corrected chi connectivity index (χ4v) is 2.23. The smallest absolute Gasteiger partial charge is 0.0218 e. The highest BCUT2D eigenvalue weighted by atomic mass is 32.1. The van der Waals surface area contributed by atoms with E-state index >= 15 is 0 Å². The van der Waals surface area contributed by atoms with Gasteiger partial charge in [0.05, 0.1) is 0 Å². The Labute approximate surface area is 94.1 Å². The molecule has 2 unspecified atom stereocenters. The van der Waals surface area contributed by atoms with Crippen molar-refractivity contribution in [2.75, 3.05) is 39.0 Å². The van der Waals surface area contributed by atoms with Gasteiger partial charge in [0.25, 0.3) is 0 Å². The summed E-state index contributed by atoms with van der Waals surface area (Å²) in [5.74, 6) is 1.72. The van der Waals surface area contributed by atoms with Crippen molar-refractivity contribution in [2.24, 2.45) is 5.92 Å². The molecule has 3 heteroatoms. The minimum atomic E-state index is 0.722. The van der Waals surface area contributed by atoms with E-state index in [4.69, 9.17) is 0 Å². The van der Waals surface area contributed by atoms with Crippen molar-refractivity contribution >= 4 is 12.6 Å². The number of likely N-dealkylation sites (N-methyl/N-ethyl adjacent to an activating group) is 1. The zero-order valence-electron chi connectivity index (χ0n) is 9.74. The van der Waals surface area contributed by atoms with E-state index in [9.17, 15) is 0 Å². The second kappa shape index (κ2) is 5.99. The van der Waals surface area contributed by atoms with Gasteiger partial charge in [0.1, 0.15) is 0 Å². The molecule has 2 nitrogen and oxygen atoms in total. The Morgan fingerprint density at radius 3 is 2.71 bits per heavy atom. The van der Waals surface area contributed by atoms with Crippen LogP contribution < -0.4 is 0 Å². The zero-order valence-corrected chi connectivity index (χ0v) is 10.6. The molecule has 1 heterocycles. The van der Waals surface area contributed by atoms with Gasteiger partial charge in [0.2, 0.25) is 0 Å². The Hall–Kier alpha value is 0.270. The fourth-order valence-electron chi connectivity index (χ4n) is 2.12. The average Bonchev–Trinajstić information content (AvgIpc) is 2.20. The van der Waals surface area contributed by atoms with Gasteiger partial charge in [0, 0.05) is 32.2 Å². The summed E-state index contributed by atoms with van der Waals surface area (Å²) in [6, 6.07) is 0.760. The molecule has 1 saturated heterocycles. The number of nitrogens with zero attached hydrogens (tertiary/aromatic N) is 2. The molecule has 84 valence electrons. The first-order chi connectivity index (χ1) is 6.67. The van der Waals surface area contributed by atoms with Crippen molar-refractivity contribution in [2.45, 2.75) is 26.3 Å². The molecule has 1 fully saturated rings. The molecule has 0 aromatic rings. The highest BCUT2D eigenvalue weighted by molar-refractivity contribution is 7.80. The molecule has 0 radical (unpaired) electrons. The van der Waals surface area contributed by atoms with Crippen molar-refractivity contribution in [3.8, 4) is 0 Å². The van der Waals surface area contributed by atoms with Crippen molar-refractivity contribution in [1.82, 2.24) is 9.80 Å². The third kappa shape index (κ3) is 3.44. The molecule has 0 saturated carbocycles. The van der Waals surface area contributed by atoms with Gasteiger partial charge >= 0.3 is 0 Å². The number of piperazine rings is 1. The van der Waals surface area contributed by atoms with Gasteiger partial charge in [0.15, 0.2) is 0 Å². The molecule has 14 heavy (non-hydrogen) atoms. The Bertz CT molecular complexity index is 163. The van der Waals surface area contributed by atoms with Crippen LogP contribution in [0.5, 0.6) is 0 Å². The van der Waals surface area contributed by atoms with E-state index in [1.807, 2.05) is 0 Å². The van der Waals surface area contributed by atoms with Crippen LogP contribution in [-0.4, -0.2) is 54.8 Å². The Morgan fingerprint density at radius 1 is 1.43 bits per heavy atom. The van der Waals surface area contributed by atoms with E-state index in [0.717, 1.165) is 17.7 Å². The van der Waals surface area contributed by atoms with Crippen LogP contribution in [0.15, 0.2) is 0 Å². The Kier molecular flexibility index (Phi) is 5.28. The molecular formula is C11H24N2S. The van der Waals surface area contributed by atoms with E-state index < -0.39 is 0 Å². The fraction of sp³-hybridized carbons (Fsp3) is 1.00. The van der Waals surface area contributed by atoms with Gasteiger partial charge in [-0.25, -0.2) is 0 Å². The van der Waals surface area contributed by atoms with Crippen LogP contribution in [0.1, 0.15) is 20.3 Å². The van der Waals surface area contributed by atoms with Crippen LogP contribution in [0, 0.1) is 5.92 Å². The SMILES string of the molecule is CCC1CN(CC(C)CS)CCN1C. The molecular weight excluding hydrogens is 192 g/mol. The Balaban J connectivity index is 2.34. The summed E-state index contributed by atoms with van der Waals surface area (Å²) in [5.41, 5.74) is 0. The second-order valence-electron chi connectivity index (χ2n) is 4.59. The molecule has 0 N–H and O–H groups in total. The summed E-state index contributed by atoms with van der Waals surface area (Å²) in [5, 5.41) is 0. The maximum absolute atomic E-state index is 4.34. The summed E-state index contributed by atoms with van der Waals surface area (Å²) >= 11 is 4.34. The lowest BCUT2D eigenvalue weighted by molar-refractivity contribution is 0.0857. The highest BCUT2D eigenvalue weighted by Gasteiger charge is 2.23. The van der Waals surface area contributed by atoms with E-state index in [0.29, 0.717) is 0 Å². The standard InChI is InChI=1S/C11H24N2S/c1-4-11-8-13(6-5-12(11)3)7-10(2)9-14/h10-11,14H,4-9H2,1-3H3. The lowest BCUT2D eigenvalue weighted by Gasteiger charge is -2.40. The summed E-state index contributed by atoms with van der Waals surface area (Å²) in [6.07, 6.45) is 1.27.